The van der Waals surface area contributed by atoms with Crippen LogP contribution in [0.1, 0.15) is 100 Å². The first-order valence-corrected chi connectivity index (χ1v) is 30.4. The Labute approximate surface area is 502 Å². The first kappa shape index (κ1) is 67.4. The average molecular weight is 1230 g/mol. The van der Waals surface area contributed by atoms with Gasteiger partial charge in [0.1, 0.15) is 11.3 Å². The molecule has 3 amide bonds. The monoisotopic (exact) mass is 1220 g/mol. The van der Waals surface area contributed by atoms with Crippen LogP contribution in [0.25, 0.3) is 16.2 Å². The predicted octanol–water partition coefficient (Wildman–Crippen LogP) is 9.79. The standard InChI is InChI=1S/C63H71F3N6O12S2/c1-43-20-24-52(25-21-43)85(79)58-42-55(61(77)72(46(58)4)50-16-10-14-47(40-50)63(64,65)66)59(75)68-29-33-83-37-35-81-31-11-18-51(73)17-7-6-8-28-69-62(78)70-30-34-84-38-36-82-32-12-19-56(74)54-41-57(86(80)53-26-22-48(67-5)23-27-53)45(3)71(60(54)76)49-15-9-13-44(2)39-49/h9-10,13-16,20-27,39-42H,6-8,11-12,17-19,28-38H2,1-4H3,(H,68,75)(H2,69,70,78). The van der Waals surface area contributed by atoms with Gasteiger partial charge in [-0.2, -0.15) is 13.2 Å². The van der Waals surface area contributed by atoms with Crippen molar-refractivity contribution in [2.24, 2.45) is 0 Å². The van der Waals surface area contributed by atoms with Crippen LogP contribution in [0.5, 0.6) is 0 Å². The number of hydrogen-bond donors (Lipinski definition) is 3. The van der Waals surface area contributed by atoms with Crippen LogP contribution in [0, 0.1) is 34.3 Å². The van der Waals surface area contributed by atoms with Gasteiger partial charge >= 0.3 is 12.2 Å². The largest absolute Gasteiger partial charge is 0.416 e. The molecule has 2 unspecified atom stereocenters. The fourth-order valence-corrected chi connectivity index (χ4v) is 11.4. The highest BCUT2D eigenvalue weighted by molar-refractivity contribution is 7.85. The van der Waals surface area contributed by atoms with Gasteiger partial charge in [0.2, 0.25) is 0 Å². The van der Waals surface area contributed by atoms with Gasteiger partial charge in [-0.3, -0.25) is 33.1 Å². The highest BCUT2D eigenvalue weighted by Gasteiger charge is 2.31. The summed E-state index contributed by atoms with van der Waals surface area (Å²) in [6.07, 6.45) is -0.939. The molecule has 3 N–H and O–H groups in total. The molecule has 86 heavy (non-hydrogen) atoms. The highest BCUT2D eigenvalue weighted by Crippen LogP contribution is 2.31. The van der Waals surface area contributed by atoms with Crippen LogP contribution in [0.15, 0.2) is 138 Å². The molecular formula is C63H71F3N6O12S2. The zero-order valence-corrected chi connectivity index (χ0v) is 50.2. The van der Waals surface area contributed by atoms with E-state index in [0.717, 1.165) is 40.3 Å². The number of amides is 3. The Morgan fingerprint density at radius 2 is 1.03 bits per heavy atom. The predicted molar refractivity (Wildman–Crippen MR) is 320 cm³/mol. The molecule has 6 rings (SSSR count). The third kappa shape index (κ3) is 19.9. The van der Waals surface area contributed by atoms with Crippen LogP contribution in [0.4, 0.5) is 23.7 Å². The summed E-state index contributed by atoms with van der Waals surface area (Å²) in [5.41, 5.74) is 0.291. The molecule has 0 bridgehead atoms. The number of aryl methyl sites for hydroxylation is 2. The van der Waals surface area contributed by atoms with E-state index in [4.69, 9.17) is 25.5 Å². The molecule has 0 aliphatic rings. The van der Waals surface area contributed by atoms with Crippen molar-refractivity contribution in [2.45, 2.75) is 105 Å². The molecule has 0 saturated carbocycles. The Morgan fingerprint density at radius 1 is 0.535 bits per heavy atom. The third-order valence-corrected chi connectivity index (χ3v) is 16.5. The van der Waals surface area contributed by atoms with E-state index in [1.807, 2.05) is 26.0 Å². The van der Waals surface area contributed by atoms with Crippen molar-refractivity contribution in [3.63, 3.8) is 0 Å². The molecule has 2 atom stereocenters. The van der Waals surface area contributed by atoms with Crippen molar-refractivity contribution in [2.75, 3.05) is 72.5 Å². The average Bonchev–Trinajstić information content (AvgIpc) is 1.07. The van der Waals surface area contributed by atoms with Gasteiger partial charge < -0.3 is 34.9 Å². The Balaban J connectivity index is 0.774. The number of carbonyl (C=O) groups excluding carboxylic acids is 4. The Morgan fingerprint density at radius 3 is 1.62 bits per heavy atom. The van der Waals surface area contributed by atoms with Gasteiger partial charge in [0, 0.05) is 84.7 Å². The van der Waals surface area contributed by atoms with E-state index in [1.54, 1.807) is 67.6 Å². The zero-order valence-electron chi connectivity index (χ0n) is 48.5. The molecular weight excluding hydrogens is 1150 g/mol. The third-order valence-electron chi connectivity index (χ3n) is 13.5. The van der Waals surface area contributed by atoms with Crippen molar-refractivity contribution in [3.8, 4) is 11.4 Å². The van der Waals surface area contributed by atoms with E-state index in [1.165, 1.54) is 29.7 Å². The van der Waals surface area contributed by atoms with Crippen molar-refractivity contribution in [1.82, 2.24) is 25.1 Å². The molecule has 0 radical (unpaired) electrons. The fourth-order valence-electron chi connectivity index (χ4n) is 8.94. The highest BCUT2D eigenvalue weighted by atomic mass is 32.2. The van der Waals surface area contributed by atoms with Crippen LogP contribution < -0.4 is 27.1 Å². The summed E-state index contributed by atoms with van der Waals surface area (Å²) in [5.74, 6) is -1.12. The second-order valence-electron chi connectivity index (χ2n) is 20.0. The van der Waals surface area contributed by atoms with Crippen molar-refractivity contribution < 1.29 is 59.7 Å². The SMILES string of the molecule is [C-]#[N+]c1ccc(S(=O)c2cc(C(=O)CCCOCCOCCNC(=O)NCCCCCC(=O)CCCOCCOCCNC(=O)c3cc(S(=O)c4ccc(C)cc4)c(C)n(-c4cccc(C(F)(F)F)c4)c3=O)c(=O)n(-c3cccc(C)c3)c2C)cc1. The van der Waals surface area contributed by atoms with E-state index >= 15 is 0 Å². The Kier molecular flexibility index (Phi) is 26.5. The van der Waals surface area contributed by atoms with Crippen molar-refractivity contribution in [1.29, 1.82) is 0 Å². The number of pyridine rings is 2. The lowest BCUT2D eigenvalue weighted by atomic mass is 10.1. The van der Waals surface area contributed by atoms with Crippen LogP contribution in [0.3, 0.4) is 0 Å². The lowest BCUT2D eigenvalue weighted by molar-refractivity contribution is -0.137. The molecule has 18 nitrogen and oxygen atoms in total. The van der Waals surface area contributed by atoms with Crippen LogP contribution in [0.2, 0.25) is 0 Å². The summed E-state index contributed by atoms with van der Waals surface area (Å²) in [7, 11) is -3.64. The quantitative estimate of drug-likeness (QED) is 0.0195. The molecule has 0 fully saturated rings. The molecule has 0 spiro atoms. The van der Waals surface area contributed by atoms with E-state index < -0.39 is 61.7 Å². The summed E-state index contributed by atoms with van der Waals surface area (Å²) >= 11 is 0. The summed E-state index contributed by atoms with van der Waals surface area (Å²) < 4.78 is 93.3. The topological polar surface area (TPSA) is 224 Å². The number of carbonyl (C=O) groups is 4. The number of urea groups is 1. The number of halogens is 3. The number of aromatic nitrogens is 2. The van der Waals surface area contributed by atoms with Crippen molar-refractivity contribution in [3.05, 3.63) is 181 Å². The number of unbranched alkanes of at least 4 members (excludes halogenated alkanes) is 2. The van der Waals surface area contributed by atoms with Crippen molar-refractivity contribution >= 4 is 50.8 Å². The fraction of sp³-hybridized carbons (Fsp3) is 0.381. The number of rotatable bonds is 34. The van der Waals surface area contributed by atoms with Gasteiger partial charge in [-0.05, 0) is 114 Å². The molecule has 458 valence electrons. The summed E-state index contributed by atoms with van der Waals surface area (Å²) in [4.78, 5) is 83.7. The number of ketones is 2. The second-order valence-corrected chi connectivity index (χ2v) is 22.9. The molecule has 6 aromatic rings. The molecule has 4 aromatic carbocycles. The number of alkyl halides is 3. The van der Waals surface area contributed by atoms with Crippen LogP contribution in [-0.4, -0.2) is 114 Å². The minimum absolute atomic E-state index is 0.0178. The zero-order chi connectivity index (χ0) is 62.2. The first-order chi connectivity index (χ1) is 41.3. The minimum Gasteiger partial charge on any atom is -0.379 e. The molecule has 23 heteroatoms. The van der Waals surface area contributed by atoms with Gasteiger partial charge in [0.15, 0.2) is 11.5 Å². The van der Waals surface area contributed by atoms with Crippen LogP contribution in [-0.2, 0) is 51.5 Å². The summed E-state index contributed by atoms with van der Waals surface area (Å²) in [6.45, 7) is 16.6. The molecule has 0 saturated heterocycles. The number of hydrogen-bond acceptors (Lipinski definition) is 12. The molecule has 2 heterocycles. The second kappa shape index (κ2) is 33.8. The van der Waals surface area contributed by atoms with E-state index in [-0.39, 0.29) is 99.4 Å². The number of nitrogens with one attached hydrogen (secondary N) is 3. The normalized spacial score (nSPS) is 12.1. The van der Waals surface area contributed by atoms with E-state index in [0.29, 0.717) is 83.4 Å². The molecule has 0 aliphatic carbocycles. The lowest BCUT2D eigenvalue weighted by Gasteiger charge is -2.18. The Bertz CT molecular complexity index is 3530. The number of benzene rings is 4. The van der Waals surface area contributed by atoms with Gasteiger partial charge in [-0.1, -0.05) is 66.6 Å². The minimum atomic E-state index is -4.70. The summed E-state index contributed by atoms with van der Waals surface area (Å²) in [6, 6.07) is 26.8. The van der Waals surface area contributed by atoms with Crippen LogP contribution >= 0.6 is 0 Å². The maximum absolute atomic E-state index is 13.8. The van der Waals surface area contributed by atoms with E-state index in [9.17, 15) is 50.4 Å². The number of ether oxygens (including phenoxy) is 4. The molecule has 2 aromatic heterocycles. The molecule has 0 aliphatic heterocycles. The maximum atomic E-state index is 13.8. The van der Waals surface area contributed by atoms with Gasteiger partial charge in [0.25, 0.3) is 17.0 Å². The first-order valence-electron chi connectivity index (χ1n) is 28.1. The Hall–Kier alpha value is -7.72. The summed E-state index contributed by atoms with van der Waals surface area (Å²) in [5, 5.41) is 8.10. The smallest absolute Gasteiger partial charge is 0.379 e. The maximum Gasteiger partial charge on any atom is 0.416 e. The van der Waals surface area contributed by atoms with Gasteiger partial charge in [-0.25, -0.2) is 18.1 Å². The van der Waals surface area contributed by atoms with Gasteiger partial charge in [-0.15, -0.1) is 0 Å². The lowest BCUT2D eigenvalue weighted by Crippen LogP contribution is -2.37. The number of Topliss-reactive ketones (excluding diaryl/α,β-unsaturated/α-hetero) is 2. The number of nitrogens with zero attached hydrogens (tertiary/aromatic N) is 3. The van der Waals surface area contributed by atoms with Gasteiger partial charge in [0.05, 0.1) is 88.7 Å². The van der Waals surface area contributed by atoms with E-state index in [2.05, 4.69) is 20.8 Å².